The molecule has 5 nitrogen and oxygen atoms in total. The smallest absolute Gasteiger partial charge is 0.147 e. The van der Waals surface area contributed by atoms with Crippen LogP contribution in [0.4, 0.5) is 0 Å². The van der Waals surface area contributed by atoms with E-state index in [0.717, 1.165) is 37.0 Å². The molecule has 3 aromatic rings. The third-order valence-corrected chi connectivity index (χ3v) is 4.17. The second-order valence-electron chi connectivity index (χ2n) is 5.89. The number of aromatic nitrogens is 5. The fraction of sp³-hybridized carbons (Fsp3) is 0.389. The molecule has 23 heavy (non-hydrogen) atoms. The van der Waals surface area contributed by atoms with Crippen LogP contribution in [0.15, 0.2) is 42.7 Å². The van der Waals surface area contributed by atoms with Crippen molar-refractivity contribution in [3.8, 4) is 0 Å². The van der Waals surface area contributed by atoms with Crippen molar-refractivity contribution < 1.29 is 0 Å². The molecule has 0 bridgehead atoms. The fourth-order valence-electron chi connectivity index (χ4n) is 2.95. The SMILES string of the molecule is Cc1nc(C)n(CCCn2ccnc2[C@H](C)c2ccccc2)n1. The second-order valence-corrected chi connectivity index (χ2v) is 5.89. The number of rotatable bonds is 6. The van der Waals surface area contributed by atoms with Crippen LogP contribution in [0.25, 0.3) is 0 Å². The third-order valence-electron chi connectivity index (χ3n) is 4.17. The Labute approximate surface area is 137 Å². The minimum Gasteiger partial charge on any atom is -0.334 e. The normalized spacial score (nSPS) is 12.5. The van der Waals surface area contributed by atoms with E-state index in [1.807, 2.05) is 30.8 Å². The van der Waals surface area contributed by atoms with Gasteiger partial charge < -0.3 is 4.57 Å². The van der Waals surface area contributed by atoms with Crippen LogP contribution in [0.1, 0.15) is 42.3 Å². The first kappa shape index (κ1) is 15.5. The lowest BCUT2D eigenvalue weighted by Gasteiger charge is -2.14. The Morgan fingerprint density at radius 3 is 2.57 bits per heavy atom. The predicted octanol–water partition coefficient (Wildman–Crippen LogP) is 3.33. The van der Waals surface area contributed by atoms with E-state index >= 15 is 0 Å². The molecule has 1 atom stereocenters. The molecule has 0 saturated heterocycles. The third kappa shape index (κ3) is 3.50. The summed E-state index contributed by atoms with van der Waals surface area (Å²) in [6.45, 7) is 7.95. The number of imidazole rings is 1. The highest BCUT2D eigenvalue weighted by atomic mass is 15.3. The number of nitrogens with zero attached hydrogens (tertiary/aromatic N) is 5. The van der Waals surface area contributed by atoms with Crippen LogP contribution in [0.3, 0.4) is 0 Å². The molecule has 0 aliphatic heterocycles. The summed E-state index contributed by atoms with van der Waals surface area (Å²) in [5.74, 6) is 3.22. The molecule has 0 fully saturated rings. The van der Waals surface area contributed by atoms with Crippen LogP contribution >= 0.6 is 0 Å². The maximum absolute atomic E-state index is 4.57. The zero-order chi connectivity index (χ0) is 16.2. The molecular formula is C18H23N5. The molecule has 0 spiro atoms. The molecule has 0 N–H and O–H groups in total. The Bertz CT molecular complexity index is 757. The molecule has 120 valence electrons. The highest BCUT2D eigenvalue weighted by Crippen LogP contribution is 2.22. The van der Waals surface area contributed by atoms with Crippen molar-refractivity contribution in [2.45, 2.75) is 46.2 Å². The summed E-state index contributed by atoms with van der Waals surface area (Å²) in [6, 6.07) is 10.5. The summed E-state index contributed by atoms with van der Waals surface area (Å²) >= 11 is 0. The maximum atomic E-state index is 4.57. The molecular weight excluding hydrogens is 286 g/mol. The Morgan fingerprint density at radius 1 is 1.09 bits per heavy atom. The summed E-state index contributed by atoms with van der Waals surface area (Å²) in [6.07, 6.45) is 4.96. The number of aryl methyl sites for hydroxylation is 4. The van der Waals surface area contributed by atoms with Crippen LogP contribution in [-0.2, 0) is 13.1 Å². The van der Waals surface area contributed by atoms with Gasteiger partial charge in [-0.25, -0.2) is 9.97 Å². The van der Waals surface area contributed by atoms with Gasteiger partial charge in [-0.2, -0.15) is 5.10 Å². The number of hydrogen-bond donors (Lipinski definition) is 0. The van der Waals surface area contributed by atoms with Gasteiger partial charge in [0.2, 0.25) is 0 Å². The first-order valence-electron chi connectivity index (χ1n) is 8.09. The van der Waals surface area contributed by atoms with Crippen molar-refractivity contribution in [1.82, 2.24) is 24.3 Å². The Hall–Kier alpha value is -2.43. The van der Waals surface area contributed by atoms with Gasteiger partial charge in [0.05, 0.1) is 0 Å². The minimum absolute atomic E-state index is 0.293. The van der Waals surface area contributed by atoms with Gasteiger partial charge in [0.25, 0.3) is 0 Å². The van der Waals surface area contributed by atoms with Crippen LogP contribution in [0.5, 0.6) is 0 Å². The monoisotopic (exact) mass is 309 g/mol. The summed E-state index contributed by atoms with van der Waals surface area (Å²) in [5.41, 5.74) is 1.29. The summed E-state index contributed by atoms with van der Waals surface area (Å²) < 4.78 is 4.23. The van der Waals surface area contributed by atoms with Crippen molar-refractivity contribution in [1.29, 1.82) is 0 Å². The highest BCUT2D eigenvalue weighted by molar-refractivity contribution is 5.24. The van der Waals surface area contributed by atoms with Gasteiger partial charge in [-0.1, -0.05) is 37.3 Å². The van der Waals surface area contributed by atoms with Crippen molar-refractivity contribution >= 4 is 0 Å². The van der Waals surface area contributed by atoms with Crippen LogP contribution in [-0.4, -0.2) is 24.3 Å². The topological polar surface area (TPSA) is 48.5 Å². The molecule has 2 heterocycles. The summed E-state index contributed by atoms with van der Waals surface area (Å²) in [5, 5.41) is 4.41. The summed E-state index contributed by atoms with van der Waals surface area (Å²) in [7, 11) is 0. The molecule has 5 heteroatoms. The van der Waals surface area contributed by atoms with E-state index in [9.17, 15) is 0 Å². The van der Waals surface area contributed by atoms with E-state index in [4.69, 9.17) is 0 Å². The van der Waals surface area contributed by atoms with Gasteiger partial charge in [0.15, 0.2) is 0 Å². The molecule has 0 radical (unpaired) electrons. The van der Waals surface area contributed by atoms with Gasteiger partial charge in [-0.15, -0.1) is 0 Å². The van der Waals surface area contributed by atoms with Crippen molar-refractivity contribution in [3.05, 3.63) is 65.8 Å². The van der Waals surface area contributed by atoms with E-state index in [1.165, 1.54) is 5.56 Å². The van der Waals surface area contributed by atoms with Crippen molar-refractivity contribution in [2.75, 3.05) is 0 Å². The maximum Gasteiger partial charge on any atom is 0.147 e. The Balaban J connectivity index is 1.66. The highest BCUT2D eigenvalue weighted by Gasteiger charge is 2.13. The van der Waals surface area contributed by atoms with Gasteiger partial charge in [0.1, 0.15) is 17.5 Å². The van der Waals surface area contributed by atoms with E-state index in [-0.39, 0.29) is 0 Å². The van der Waals surface area contributed by atoms with Crippen molar-refractivity contribution in [3.63, 3.8) is 0 Å². The zero-order valence-corrected chi connectivity index (χ0v) is 14.0. The largest absolute Gasteiger partial charge is 0.334 e. The zero-order valence-electron chi connectivity index (χ0n) is 14.0. The second kappa shape index (κ2) is 6.77. The molecule has 2 aromatic heterocycles. The molecule has 0 amide bonds. The van der Waals surface area contributed by atoms with Crippen LogP contribution in [0.2, 0.25) is 0 Å². The van der Waals surface area contributed by atoms with Crippen molar-refractivity contribution in [2.24, 2.45) is 0 Å². The first-order valence-corrected chi connectivity index (χ1v) is 8.09. The van der Waals surface area contributed by atoms with E-state index in [2.05, 4.69) is 57.0 Å². The van der Waals surface area contributed by atoms with Crippen LogP contribution in [0, 0.1) is 13.8 Å². The standard InChI is InChI=1S/C18H23N5/c1-14(17-8-5-4-6-9-17)18-19-10-13-22(18)11-7-12-23-16(3)20-15(2)21-23/h4-6,8-10,13-14H,7,11-12H2,1-3H3/t14-/m1/s1. The van der Waals surface area contributed by atoms with E-state index in [1.54, 1.807) is 0 Å². The van der Waals surface area contributed by atoms with Gasteiger partial charge in [-0.3, -0.25) is 4.68 Å². The average Bonchev–Trinajstić information content (AvgIpc) is 3.14. The number of hydrogen-bond acceptors (Lipinski definition) is 3. The lowest BCUT2D eigenvalue weighted by molar-refractivity contribution is 0.503. The van der Waals surface area contributed by atoms with Gasteiger partial charge in [-0.05, 0) is 25.8 Å². The van der Waals surface area contributed by atoms with Gasteiger partial charge >= 0.3 is 0 Å². The van der Waals surface area contributed by atoms with E-state index < -0.39 is 0 Å². The predicted molar refractivity (Wildman–Crippen MR) is 90.3 cm³/mol. The van der Waals surface area contributed by atoms with Gasteiger partial charge in [0, 0.05) is 31.4 Å². The summed E-state index contributed by atoms with van der Waals surface area (Å²) in [4.78, 5) is 8.91. The van der Waals surface area contributed by atoms with Crippen LogP contribution < -0.4 is 0 Å². The lowest BCUT2D eigenvalue weighted by atomic mass is 10.0. The molecule has 0 aliphatic rings. The minimum atomic E-state index is 0.293. The molecule has 0 unspecified atom stereocenters. The van der Waals surface area contributed by atoms with E-state index in [0.29, 0.717) is 5.92 Å². The molecule has 0 aliphatic carbocycles. The fourth-order valence-corrected chi connectivity index (χ4v) is 2.95. The molecule has 3 rings (SSSR count). The average molecular weight is 309 g/mol. The first-order chi connectivity index (χ1) is 11.1. The quantitative estimate of drug-likeness (QED) is 0.701. The number of benzene rings is 1. The molecule has 0 saturated carbocycles. The Kier molecular flexibility index (Phi) is 4.55. The lowest BCUT2D eigenvalue weighted by Crippen LogP contribution is -2.11. The molecule has 1 aromatic carbocycles. The Morgan fingerprint density at radius 2 is 1.87 bits per heavy atom.